The van der Waals surface area contributed by atoms with Crippen LogP contribution in [-0.2, 0) is 9.53 Å². The zero-order valence-corrected chi connectivity index (χ0v) is 18.8. The van der Waals surface area contributed by atoms with Crippen molar-refractivity contribution in [2.45, 2.75) is 0 Å². The number of esters is 1. The Morgan fingerprint density at radius 3 is 2.26 bits per heavy atom. The van der Waals surface area contributed by atoms with Gasteiger partial charge in [-0.25, -0.2) is 9.79 Å². The standard InChI is InChI=1S/C22H20ClNO6S/c1-27-15-10-5-12(19(28-2)20(15)29-3)11-16-18(25)17(22(26)30-4)21(31-16)24-14-8-6-13(23)7-9-14/h5-11,25H,1-4H3. The fourth-order valence-corrected chi connectivity index (χ4v) is 4.05. The minimum atomic E-state index is -0.694. The SMILES string of the molecule is COC(=O)C1=C(O)C(=Cc2ccc(OC)c(OC)c2OC)SC1=Nc1ccc(Cl)cc1. The molecule has 0 spiro atoms. The zero-order chi connectivity index (χ0) is 22.5. The molecule has 0 bridgehead atoms. The number of nitrogens with zero attached hydrogens (tertiary/aromatic N) is 1. The van der Waals surface area contributed by atoms with Crippen molar-refractivity contribution < 1.29 is 28.8 Å². The summed E-state index contributed by atoms with van der Waals surface area (Å²) in [4.78, 5) is 17.2. The molecule has 0 aromatic heterocycles. The Morgan fingerprint density at radius 1 is 1.00 bits per heavy atom. The number of hydrogen-bond acceptors (Lipinski definition) is 8. The predicted octanol–water partition coefficient (Wildman–Crippen LogP) is 5.17. The largest absolute Gasteiger partial charge is 0.506 e. The first-order chi connectivity index (χ1) is 14.9. The highest BCUT2D eigenvalue weighted by Gasteiger charge is 2.33. The van der Waals surface area contributed by atoms with E-state index in [4.69, 9.17) is 30.5 Å². The molecule has 2 aromatic rings. The van der Waals surface area contributed by atoms with Crippen molar-refractivity contribution in [3.63, 3.8) is 0 Å². The number of rotatable bonds is 6. The maximum Gasteiger partial charge on any atom is 0.344 e. The highest BCUT2D eigenvalue weighted by atomic mass is 35.5. The molecule has 1 aliphatic rings. The van der Waals surface area contributed by atoms with Crippen LogP contribution in [0.3, 0.4) is 0 Å². The second-order valence-corrected chi connectivity index (χ2v) is 7.61. The Morgan fingerprint density at radius 2 is 1.68 bits per heavy atom. The third-order valence-electron chi connectivity index (χ3n) is 4.36. The van der Waals surface area contributed by atoms with E-state index in [1.165, 1.54) is 28.4 Å². The van der Waals surface area contributed by atoms with E-state index in [0.717, 1.165) is 11.8 Å². The van der Waals surface area contributed by atoms with Gasteiger partial charge in [0.25, 0.3) is 0 Å². The number of halogens is 1. The van der Waals surface area contributed by atoms with Gasteiger partial charge in [-0.2, -0.15) is 0 Å². The Hall–Kier alpha value is -3.10. The van der Waals surface area contributed by atoms with Crippen molar-refractivity contribution in [1.82, 2.24) is 0 Å². The molecule has 0 unspecified atom stereocenters. The van der Waals surface area contributed by atoms with Crippen molar-refractivity contribution in [3.05, 3.63) is 63.2 Å². The molecule has 3 rings (SSSR count). The number of aliphatic imine (C=N–C) groups is 1. The molecule has 0 atom stereocenters. The number of benzene rings is 2. The topological polar surface area (TPSA) is 86.6 Å². The van der Waals surface area contributed by atoms with Gasteiger partial charge in [-0.15, -0.1) is 0 Å². The van der Waals surface area contributed by atoms with E-state index in [0.29, 0.717) is 43.5 Å². The average Bonchev–Trinajstić information content (AvgIpc) is 3.08. The summed E-state index contributed by atoms with van der Waals surface area (Å²) in [5, 5.41) is 11.7. The summed E-state index contributed by atoms with van der Waals surface area (Å²) in [5.74, 6) is 0.405. The molecule has 0 saturated carbocycles. The van der Waals surface area contributed by atoms with Crippen LogP contribution in [0.1, 0.15) is 5.56 Å². The monoisotopic (exact) mass is 461 g/mol. The number of hydrogen-bond donors (Lipinski definition) is 1. The van der Waals surface area contributed by atoms with Gasteiger partial charge in [0, 0.05) is 10.6 Å². The summed E-state index contributed by atoms with van der Waals surface area (Å²) in [6.07, 6.45) is 1.67. The maximum absolute atomic E-state index is 12.3. The predicted molar refractivity (Wildman–Crippen MR) is 122 cm³/mol. The first-order valence-electron chi connectivity index (χ1n) is 8.98. The molecule has 1 N–H and O–H groups in total. The van der Waals surface area contributed by atoms with Crippen LogP contribution in [0.2, 0.25) is 5.02 Å². The Kier molecular flexibility index (Phi) is 7.14. The van der Waals surface area contributed by atoms with E-state index in [1.807, 2.05) is 0 Å². The third kappa shape index (κ3) is 4.65. The molecule has 31 heavy (non-hydrogen) atoms. The number of carbonyl (C=O) groups excluding carboxylic acids is 1. The van der Waals surface area contributed by atoms with Crippen molar-refractivity contribution in [1.29, 1.82) is 0 Å². The van der Waals surface area contributed by atoms with Crippen LogP contribution in [-0.4, -0.2) is 44.6 Å². The lowest BCUT2D eigenvalue weighted by Crippen LogP contribution is -2.10. The summed E-state index contributed by atoms with van der Waals surface area (Å²) in [6, 6.07) is 10.3. The number of ether oxygens (including phenoxy) is 4. The Bertz CT molecular complexity index is 1090. The molecular formula is C22H20ClNO6S. The fourth-order valence-electron chi connectivity index (χ4n) is 2.90. The van der Waals surface area contributed by atoms with Gasteiger partial charge in [-0.1, -0.05) is 23.4 Å². The van der Waals surface area contributed by atoms with Crippen LogP contribution >= 0.6 is 23.4 Å². The van der Waals surface area contributed by atoms with Crippen LogP contribution in [0.5, 0.6) is 17.2 Å². The molecule has 9 heteroatoms. The summed E-state index contributed by atoms with van der Waals surface area (Å²) in [6.45, 7) is 0. The minimum absolute atomic E-state index is 0.0202. The van der Waals surface area contributed by atoms with Gasteiger partial charge in [-0.05, 0) is 42.5 Å². The second-order valence-electron chi connectivity index (χ2n) is 6.14. The van der Waals surface area contributed by atoms with Gasteiger partial charge in [0.05, 0.1) is 39.0 Å². The van der Waals surface area contributed by atoms with Gasteiger partial charge in [-0.3, -0.25) is 0 Å². The van der Waals surface area contributed by atoms with E-state index < -0.39 is 5.97 Å². The molecule has 0 radical (unpaired) electrons. The number of methoxy groups -OCH3 is 4. The molecule has 7 nitrogen and oxygen atoms in total. The van der Waals surface area contributed by atoms with E-state index in [-0.39, 0.29) is 11.3 Å². The van der Waals surface area contributed by atoms with Gasteiger partial charge in [0.15, 0.2) is 11.5 Å². The normalized spacial score (nSPS) is 16.0. The van der Waals surface area contributed by atoms with Crippen LogP contribution in [0.25, 0.3) is 6.08 Å². The van der Waals surface area contributed by atoms with Crippen molar-refractivity contribution in [2.75, 3.05) is 28.4 Å². The summed E-state index contributed by atoms with van der Waals surface area (Å²) in [5.41, 5.74) is 1.17. The highest BCUT2D eigenvalue weighted by Crippen LogP contribution is 2.44. The Balaban J connectivity index is 2.10. The van der Waals surface area contributed by atoms with Crippen LogP contribution in [0.15, 0.2) is 57.6 Å². The van der Waals surface area contributed by atoms with Crippen LogP contribution in [0.4, 0.5) is 5.69 Å². The quantitative estimate of drug-likeness (QED) is 0.594. The van der Waals surface area contributed by atoms with Crippen LogP contribution in [0, 0.1) is 0 Å². The first kappa shape index (κ1) is 22.6. The smallest absolute Gasteiger partial charge is 0.344 e. The minimum Gasteiger partial charge on any atom is -0.506 e. The first-order valence-corrected chi connectivity index (χ1v) is 10.2. The van der Waals surface area contributed by atoms with Crippen LogP contribution < -0.4 is 14.2 Å². The van der Waals surface area contributed by atoms with E-state index >= 15 is 0 Å². The van der Waals surface area contributed by atoms with Gasteiger partial charge >= 0.3 is 5.97 Å². The molecule has 0 aliphatic carbocycles. The molecular weight excluding hydrogens is 442 g/mol. The van der Waals surface area contributed by atoms with Crippen molar-refractivity contribution >= 4 is 46.1 Å². The number of carbonyl (C=O) groups is 1. The number of thioether (sulfide) groups is 1. The summed E-state index contributed by atoms with van der Waals surface area (Å²) >= 11 is 7.06. The van der Waals surface area contributed by atoms with Gasteiger partial charge < -0.3 is 24.1 Å². The highest BCUT2D eigenvalue weighted by molar-refractivity contribution is 8.18. The van der Waals surface area contributed by atoms with E-state index in [9.17, 15) is 9.90 Å². The zero-order valence-electron chi connectivity index (χ0n) is 17.3. The van der Waals surface area contributed by atoms with Gasteiger partial charge in [0.2, 0.25) is 5.75 Å². The lowest BCUT2D eigenvalue weighted by molar-refractivity contribution is -0.135. The molecule has 1 heterocycles. The molecule has 0 saturated heterocycles. The average molecular weight is 462 g/mol. The van der Waals surface area contributed by atoms with Crippen molar-refractivity contribution in [3.8, 4) is 17.2 Å². The molecule has 0 amide bonds. The maximum atomic E-state index is 12.3. The molecule has 162 valence electrons. The fraction of sp³-hybridized carbons (Fsp3) is 0.182. The van der Waals surface area contributed by atoms with E-state index in [1.54, 1.807) is 42.5 Å². The number of aliphatic hydroxyl groups is 1. The van der Waals surface area contributed by atoms with E-state index in [2.05, 4.69) is 4.99 Å². The molecule has 1 aliphatic heterocycles. The second kappa shape index (κ2) is 9.80. The van der Waals surface area contributed by atoms with Gasteiger partial charge in [0.1, 0.15) is 16.4 Å². The lowest BCUT2D eigenvalue weighted by atomic mass is 10.1. The lowest BCUT2D eigenvalue weighted by Gasteiger charge is -2.14. The summed E-state index contributed by atoms with van der Waals surface area (Å²) in [7, 11) is 5.78. The third-order valence-corrected chi connectivity index (χ3v) is 5.63. The molecule has 2 aromatic carbocycles. The molecule has 0 fully saturated rings. The summed E-state index contributed by atoms with van der Waals surface area (Å²) < 4.78 is 21.0. The van der Waals surface area contributed by atoms with Crippen molar-refractivity contribution in [2.24, 2.45) is 4.99 Å². The Labute approximate surface area is 188 Å². The number of aliphatic hydroxyl groups excluding tert-OH is 1.